The van der Waals surface area contributed by atoms with Gasteiger partial charge in [-0.05, 0) is 55.7 Å². The molecule has 190 valence electrons. The summed E-state index contributed by atoms with van der Waals surface area (Å²) in [7, 11) is 1.55. The summed E-state index contributed by atoms with van der Waals surface area (Å²) in [5, 5.41) is 29.0. The van der Waals surface area contributed by atoms with Crippen LogP contribution in [0.25, 0.3) is 11.0 Å². The quantitative estimate of drug-likeness (QED) is 0.486. The number of nitriles is 1. The first-order valence-electron chi connectivity index (χ1n) is 12.4. The van der Waals surface area contributed by atoms with E-state index in [1.165, 1.54) is 0 Å². The lowest BCUT2D eigenvalue weighted by Crippen LogP contribution is -2.61. The highest BCUT2D eigenvalue weighted by Crippen LogP contribution is 2.57. The molecule has 0 amide bonds. The van der Waals surface area contributed by atoms with Crippen molar-refractivity contribution in [3.8, 4) is 11.8 Å². The van der Waals surface area contributed by atoms with E-state index in [0.717, 1.165) is 26.1 Å². The number of likely N-dealkylation sites (tertiary alicyclic amines) is 1. The van der Waals surface area contributed by atoms with Crippen molar-refractivity contribution in [3.63, 3.8) is 0 Å². The van der Waals surface area contributed by atoms with Gasteiger partial charge in [-0.3, -0.25) is 5.32 Å². The van der Waals surface area contributed by atoms with E-state index >= 15 is 0 Å². The van der Waals surface area contributed by atoms with Crippen molar-refractivity contribution in [1.29, 1.82) is 5.26 Å². The first-order chi connectivity index (χ1) is 16.6. The number of piperidine rings is 1. The van der Waals surface area contributed by atoms with Gasteiger partial charge in [0, 0.05) is 19.2 Å². The van der Waals surface area contributed by atoms with Crippen molar-refractivity contribution >= 4 is 16.8 Å². The summed E-state index contributed by atoms with van der Waals surface area (Å²) in [5.74, 6) is 0.292. The van der Waals surface area contributed by atoms with E-state index in [9.17, 15) is 15.2 Å². The Hall–Kier alpha value is -2.67. The van der Waals surface area contributed by atoms with Crippen molar-refractivity contribution < 1.29 is 14.3 Å². The fourth-order valence-electron chi connectivity index (χ4n) is 5.51. The topological polar surface area (TPSA) is 124 Å². The second-order valence-corrected chi connectivity index (χ2v) is 11.1. The van der Waals surface area contributed by atoms with Crippen LogP contribution in [0.3, 0.4) is 0 Å². The van der Waals surface area contributed by atoms with E-state index in [0.29, 0.717) is 41.8 Å². The molecule has 9 nitrogen and oxygen atoms in total. The van der Waals surface area contributed by atoms with E-state index in [4.69, 9.17) is 9.15 Å². The summed E-state index contributed by atoms with van der Waals surface area (Å²) in [4.78, 5) is 18.7. The Balaban J connectivity index is 1.64. The average molecular weight is 484 g/mol. The Bertz CT molecular complexity index is 1160. The lowest BCUT2D eigenvalue weighted by atomic mass is 9.85. The van der Waals surface area contributed by atoms with Gasteiger partial charge in [0.1, 0.15) is 28.9 Å². The third kappa shape index (κ3) is 5.01. The van der Waals surface area contributed by atoms with Crippen LogP contribution in [0.2, 0.25) is 0 Å². The summed E-state index contributed by atoms with van der Waals surface area (Å²) in [6.45, 7) is 11.2. The first-order valence-corrected chi connectivity index (χ1v) is 12.4. The maximum atomic E-state index is 12.3. The Morgan fingerprint density at radius 1 is 1.37 bits per heavy atom. The average Bonchev–Trinajstić information content (AvgIpc) is 3.56. The Morgan fingerprint density at radius 3 is 2.66 bits per heavy atom. The molecule has 2 aliphatic rings. The van der Waals surface area contributed by atoms with Gasteiger partial charge in [0.2, 0.25) is 0 Å². The number of nitrogens with zero attached hydrogens (tertiary/aromatic N) is 3. The van der Waals surface area contributed by atoms with Crippen molar-refractivity contribution in [2.45, 2.75) is 70.7 Å². The molecule has 3 atom stereocenters. The number of aliphatic hydroxyl groups is 1. The SMILES string of the molecule is CCCN1CCC(C#N)(NC(O)C2(Nc3nc(=O)oc4cc(OC)ccc34)CC2C(C)(C)C)CC1. The molecule has 2 aromatic rings. The van der Waals surface area contributed by atoms with Crippen LogP contribution in [0.1, 0.15) is 53.4 Å². The van der Waals surface area contributed by atoms with Gasteiger partial charge in [-0.25, -0.2) is 4.79 Å². The fourth-order valence-corrected chi connectivity index (χ4v) is 5.51. The third-order valence-corrected chi connectivity index (χ3v) is 7.61. The number of rotatable bonds is 8. The summed E-state index contributed by atoms with van der Waals surface area (Å²) in [6, 6.07) is 7.67. The molecule has 1 aliphatic heterocycles. The molecular formula is C26H37N5O4. The molecule has 1 saturated carbocycles. The molecule has 35 heavy (non-hydrogen) atoms. The van der Waals surface area contributed by atoms with Crippen molar-refractivity contribution in [2.24, 2.45) is 11.3 Å². The number of aromatic nitrogens is 1. The minimum atomic E-state index is -1.01. The molecule has 1 aromatic heterocycles. The standard InChI is InChI=1S/C26H37N5O4/c1-6-11-31-12-9-25(16-27,10-13-31)30-22(32)26(15-20(26)24(2,3)4)29-21-18-8-7-17(34-5)14-19(18)35-23(33)28-21/h7-8,14,20,22,30,32H,6,9-13,15H2,1-5H3,(H,28,29,33). The second-order valence-electron chi connectivity index (χ2n) is 11.1. The number of hydrogen-bond donors (Lipinski definition) is 3. The highest BCUT2D eigenvalue weighted by Gasteiger charge is 2.64. The van der Waals surface area contributed by atoms with Gasteiger partial charge in [0.05, 0.1) is 24.1 Å². The van der Waals surface area contributed by atoms with E-state index in [-0.39, 0.29) is 11.3 Å². The molecule has 0 bridgehead atoms. The second kappa shape index (κ2) is 9.41. The van der Waals surface area contributed by atoms with Gasteiger partial charge in [-0.1, -0.05) is 27.7 Å². The van der Waals surface area contributed by atoms with Gasteiger partial charge >= 0.3 is 5.76 Å². The third-order valence-electron chi connectivity index (χ3n) is 7.61. The number of benzene rings is 1. The number of hydrogen-bond acceptors (Lipinski definition) is 9. The lowest BCUT2D eigenvalue weighted by molar-refractivity contribution is 0.0456. The lowest BCUT2D eigenvalue weighted by Gasteiger charge is -2.41. The largest absolute Gasteiger partial charge is 0.497 e. The van der Waals surface area contributed by atoms with Crippen LogP contribution in [0.15, 0.2) is 27.4 Å². The molecule has 2 fully saturated rings. The molecule has 2 heterocycles. The molecule has 1 saturated heterocycles. The monoisotopic (exact) mass is 483 g/mol. The first kappa shape index (κ1) is 25.4. The molecule has 4 rings (SSSR count). The molecule has 3 unspecified atom stereocenters. The molecule has 9 heteroatoms. The normalized spacial score (nSPS) is 25.1. The highest BCUT2D eigenvalue weighted by atomic mass is 16.5. The fraction of sp³-hybridized carbons (Fsp3) is 0.654. The molecular weight excluding hydrogens is 446 g/mol. The Kier molecular flexibility index (Phi) is 6.84. The minimum absolute atomic E-state index is 0.0933. The number of aliphatic hydroxyl groups excluding tert-OH is 1. The summed E-state index contributed by atoms with van der Waals surface area (Å²) in [5.41, 5.74) is -1.34. The number of fused-ring (bicyclic) bond motifs is 1. The van der Waals surface area contributed by atoms with Crippen LogP contribution in [0.4, 0.5) is 5.82 Å². The zero-order valence-electron chi connectivity index (χ0n) is 21.4. The molecule has 0 spiro atoms. The zero-order valence-corrected chi connectivity index (χ0v) is 21.4. The van der Waals surface area contributed by atoms with Gasteiger partial charge in [0.25, 0.3) is 0 Å². The van der Waals surface area contributed by atoms with Crippen molar-refractivity contribution in [1.82, 2.24) is 15.2 Å². The van der Waals surface area contributed by atoms with Crippen LogP contribution in [0, 0.1) is 22.7 Å². The van der Waals surface area contributed by atoms with Gasteiger partial charge in [0.15, 0.2) is 0 Å². The van der Waals surface area contributed by atoms with Gasteiger partial charge in [-0.2, -0.15) is 10.2 Å². The van der Waals surface area contributed by atoms with Crippen LogP contribution in [-0.4, -0.2) is 59.0 Å². The number of anilines is 1. The van der Waals surface area contributed by atoms with E-state index in [1.807, 2.05) is 0 Å². The minimum Gasteiger partial charge on any atom is -0.497 e. The van der Waals surface area contributed by atoms with E-state index in [2.05, 4.69) is 54.3 Å². The van der Waals surface area contributed by atoms with Crippen molar-refractivity contribution in [2.75, 3.05) is 32.1 Å². The predicted molar refractivity (Wildman–Crippen MR) is 134 cm³/mol. The number of methoxy groups -OCH3 is 1. The van der Waals surface area contributed by atoms with Crippen LogP contribution < -0.4 is 21.1 Å². The van der Waals surface area contributed by atoms with Crippen molar-refractivity contribution in [3.05, 3.63) is 28.7 Å². The summed E-state index contributed by atoms with van der Waals surface area (Å²) >= 11 is 0. The highest BCUT2D eigenvalue weighted by molar-refractivity contribution is 5.88. The maximum Gasteiger partial charge on any atom is 0.441 e. The zero-order chi connectivity index (χ0) is 25.4. The van der Waals surface area contributed by atoms with Gasteiger partial charge in [-0.15, -0.1) is 0 Å². The molecule has 3 N–H and O–H groups in total. The number of ether oxygens (including phenoxy) is 1. The van der Waals surface area contributed by atoms with Crippen LogP contribution in [0.5, 0.6) is 5.75 Å². The van der Waals surface area contributed by atoms with E-state index < -0.39 is 23.1 Å². The van der Waals surface area contributed by atoms with Crippen LogP contribution in [-0.2, 0) is 0 Å². The Morgan fingerprint density at radius 2 is 2.09 bits per heavy atom. The van der Waals surface area contributed by atoms with Gasteiger partial charge < -0.3 is 24.5 Å². The maximum absolute atomic E-state index is 12.3. The molecule has 1 aromatic carbocycles. The van der Waals surface area contributed by atoms with E-state index in [1.54, 1.807) is 25.3 Å². The molecule has 0 radical (unpaired) electrons. The predicted octanol–water partition coefficient (Wildman–Crippen LogP) is 3.09. The number of nitrogens with one attached hydrogen (secondary N) is 2. The summed E-state index contributed by atoms with van der Waals surface area (Å²) < 4.78 is 10.6. The van der Waals surface area contributed by atoms with Crippen LogP contribution >= 0.6 is 0 Å². The Labute approximate surface area is 206 Å². The smallest absolute Gasteiger partial charge is 0.441 e. The molecule has 1 aliphatic carbocycles. The summed E-state index contributed by atoms with van der Waals surface area (Å²) in [6.07, 6.45) is 2.03.